The number of carbonyl (C=O) groups excluding carboxylic acids is 1. The van der Waals surface area contributed by atoms with E-state index in [9.17, 15) is 15.0 Å². The van der Waals surface area contributed by atoms with Gasteiger partial charge in [0.2, 0.25) is 0 Å². The van der Waals surface area contributed by atoms with Gasteiger partial charge in [-0.25, -0.2) is 0 Å². The van der Waals surface area contributed by atoms with Gasteiger partial charge in [-0.1, -0.05) is 13.0 Å². The van der Waals surface area contributed by atoms with E-state index in [0.29, 0.717) is 12.0 Å². The fourth-order valence-corrected chi connectivity index (χ4v) is 2.63. The van der Waals surface area contributed by atoms with E-state index in [1.54, 1.807) is 36.7 Å². The molecule has 2 heterocycles. The van der Waals surface area contributed by atoms with Crippen LogP contribution in [0.5, 0.6) is 5.75 Å². The number of nitrogens with zero attached hydrogens (tertiary/aromatic N) is 3. The van der Waals surface area contributed by atoms with Crippen LogP contribution in [0.3, 0.4) is 0 Å². The number of aliphatic hydroxyl groups is 1. The zero-order chi connectivity index (χ0) is 16.4. The van der Waals surface area contributed by atoms with E-state index in [2.05, 4.69) is 10.1 Å². The number of carbonyl (C=O) groups is 1. The Hall–Kier alpha value is -2.73. The number of rotatable bonds is 3. The van der Waals surface area contributed by atoms with E-state index < -0.39 is 11.6 Å². The molecule has 0 saturated carbocycles. The number of phenolic OH excluding ortho intramolecular Hbond substituents is 1. The molecule has 0 fully saturated rings. The van der Waals surface area contributed by atoms with Crippen LogP contribution in [0.1, 0.15) is 35.7 Å². The first-order chi connectivity index (χ1) is 11.0. The molecule has 0 spiro atoms. The Balaban J connectivity index is 2.03. The van der Waals surface area contributed by atoms with Crippen LogP contribution in [-0.2, 0) is 5.72 Å². The molecule has 118 valence electrons. The third-order valence-corrected chi connectivity index (χ3v) is 3.88. The lowest BCUT2D eigenvalue weighted by Crippen LogP contribution is -2.43. The minimum atomic E-state index is -1.54. The van der Waals surface area contributed by atoms with E-state index in [0.717, 1.165) is 10.7 Å². The van der Waals surface area contributed by atoms with E-state index in [-0.39, 0.29) is 17.7 Å². The molecule has 1 aliphatic rings. The molecule has 1 atom stereocenters. The van der Waals surface area contributed by atoms with Gasteiger partial charge in [0, 0.05) is 35.7 Å². The Morgan fingerprint density at radius 1 is 1.30 bits per heavy atom. The number of hydrazone groups is 1. The van der Waals surface area contributed by atoms with Gasteiger partial charge in [0.15, 0.2) is 5.72 Å². The van der Waals surface area contributed by atoms with E-state index in [4.69, 9.17) is 0 Å². The normalized spacial score (nSPS) is 20.4. The minimum absolute atomic E-state index is 0.0119. The van der Waals surface area contributed by atoms with Crippen molar-refractivity contribution in [3.8, 4) is 5.75 Å². The van der Waals surface area contributed by atoms with Crippen LogP contribution in [0, 0.1) is 0 Å². The molecule has 0 radical (unpaired) electrons. The van der Waals surface area contributed by atoms with Crippen LogP contribution in [0.4, 0.5) is 0 Å². The summed E-state index contributed by atoms with van der Waals surface area (Å²) in [5.74, 6) is -0.481. The maximum atomic E-state index is 12.8. The monoisotopic (exact) mass is 311 g/mol. The number of amides is 1. The van der Waals surface area contributed by atoms with Crippen molar-refractivity contribution in [1.29, 1.82) is 0 Å². The van der Waals surface area contributed by atoms with Crippen molar-refractivity contribution in [2.45, 2.75) is 25.5 Å². The van der Waals surface area contributed by atoms with E-state index >= 15 is 0 Å². The summed E-state index contributed by atoms with van der Waals surface area (Å²) in [5, 5.41) is 26.1. The van der Waals surface area contributed by atoms with Crippen LogP contribution in [-0.4, -0.2) is 31.8 Å². The standard InChI is InChI=1S/C17H17N3O3/c1-2-14-11-17(23,13-6-8-18-9-7-13)20(19-14)16(22)12-4-3-5-15(21)10-12/h3-10,21,23H,2,11H2,1H3/t17-/m0/s1. The molecular formula is C17H17N3O3. The summed E-state index contributed by atoms with van der Waals surface area (Å²) in [6.45, 7) is 1.92. The zero-order valence-corrected chi connectivity index (χ0v) is 12.7. The second kappa shape index (κ2) is 5.81. The molecule has 2 N–H and O–H groups in total. The lowest BCUT2D eigenvalue weighted by molar-refractivity contribution is -0.0766. The smallest absolute Gasteiger partial charge is 0.277 e. The van der Waals surface area contributed by atoms with Gasteiger partial charge in [-0.15, -0.1) is 0 Å². The molecule has 1 aromatic heterocycles. The van der Waals surface area contributed by atoms with Crippen molar-refractivity contribution in [3.05, 3.63) is 59.9 Å². The first-order valence-electron chi connectivity index (χ1n) is 7.37. The maximum absolute atomic E-state index is 12.8. The number of hydrogen-bond acceptors (Lipinski definition) is 5. The fourth-order valence-electron chi connectivity index (χ4n) is 2.63. The van der Waals surface area contributed by atoms with Crippen molar-refractivity contribution in [2.24, 2.45) is 5.10 Å². The Morgan fingerprint density at radius 3 is 2.70 bits per heavy atom. The van der Waals surface area contributed by atoms with Crippen LogP contribution in [0.15, 0.2) is 53.9 Å². The summed E-state index contributed by atoms with van der Waals surface area (Å²) in [7, 11) is 0. The van der Waals surface area contributed by atoms with Gasteiger partial charge in [0.1, 0.15) is 5.75 Å². The highest BCUT2D eigenvalue weighted by molar-refractivity contribution is 5.98. The highest BCUT2D eigenvalue weighted by atomic mass is 16.3. The number of aromatic nitrogens is 1. The highest BCUT2D eigenvalue weighted by Gasteiger charge is 2.45. The molecule has 23 heavy (non-hydrogen) atoms. The van der Waals surface area contributed by atoms with E-state index in [1.807, 2.05) is 6.92 Å². The summed E-state index contributed by atoms with van der Waals surface area (Å²) in [6.07, 6.45) is 4.01. The summed E-state index contributed by atoms with van der Waals surface area (Å²) in [4.78, 5) is 16.7. The number of pyridine rings is 1. The zero-order valence-electron chi connectivity index (χ0n) is 12.7. The van der Waals surface area contributed by atoms with Crippen LogP contribution >= 0.6 is 0 Å². The molecule has 3 rings (SSSR count). The van der Waals surface area contributed by atoms with Crippen LogP contribution < -0.4 is 0 Å². The summed E-state index contributed by atoms with van der Waals surface area (Å²) < 4.78 is 0. The topological polar surface area (TPSA) is 86.0 Å². The average Bonchev–Trinajstić information content (AvgIpc) is 2.93. The molecular weight excluding hydrogens is 294 g/mol. The SMILES string of the molecule is CCC1=NN(C(=O)c2cccc(O)c2)[C@@](O)(c2ccncc2)C1. The van der Waals surface area contributed by atoms with E-state index in [1.165, 1.54) is 12.1 Å². The number of phenols is 1. The van der Waals surface area contributed by atoms with Gasteiger partial charge < -0.3 is 10.2 Å². The molecule has 0 aliphatic carbocycles. The quantitative estimate of drug-likeness (QED) is 0.910. The second-order valence-electron chi connectivity index (χ2n) is 5.42. The Morgan fingerprint density at radius 2 is 2.04 bits per heavy atom. The first-order valence-corrected chi connectivity index (χ1v) is 7.37. The summed E-state index contributed by atoms with van der Waals surface area (Å²) >= 11 is 0. The molecule has 6 heteroatoms. The Labute approximate surface area is 133 Å². The molecule has 0 unspecified atom stereocenters. The second-order valence-corrected chi connectivity index (χ2v) is 5.42. The van der Waals surface area contributed by atoms with Gasteiger partial charge in [0.25, 0.3) is 5.91 Å². The molecule has 0 bridgehead atoms. The number of hydrogen-bond donors (Lipinski definition) is 2. The van der Waals surface area contributed by atoms with Gasteiger partial charge in [-0.05, 0) is 36.8 Å². The van der Waals surface area contributed by atoms with Crippen LogP contribution in [0.2, 0.25) is 0 Å². The van der Waals surface area contributed by atoms with Gasteiger partial charge >= 0.3 is 0 Å². The fraction of sp³-hybridized carbons (Fsp3) is 0.235. The van der Waals surface area contributed by atoms with Crippen molar-refractivity contribution < 1.29 is 15.0 Å². The predicted molar refractivity (Wildman–Crippen MR) is 84.8 cm³/mol. The molecule has 6 nitrogen and oxygen atoms in total. The lowest BCUT2D eigenvalue weighted by atomic mass is 9.97. The average molecular weight is 311 g/mol. The predicted octanol–water partition coefficient (Wildman–Crippen LogP) is 2.24. The molecule has 2 aromatic rings. The Kier molecular flexibility index (Phi) is 3.83. The largest absolute Gasteiger partial charge is 0.508 e. The number of aromatic hydroxyl groups is 1. The van der Waals surface area contributed by atoms with Gasteiger partial charge in [-0.2, -0.15) is 10.1 Å². The third kappa shape index (κ3) is 2.68. The summed E-state index contributed by atoms with van der Waals surface area (Å²) in [6, 6.07) is 9.32. The van der Waals surface area contributed by atoms with Crippen molar-refractivity contribution in [1.82, 2.24) is 9.99 Å². The maximum Gasteiger partial charge on any atom is 0.277 e. The van der Waals surface area contributed by atoms with Crippen LogP contribution in [0.25, 0.3) is 0 Å². The lowest BCUT2D eigenvalue weighted by Gasteiger charge is -2.31. The Bertz CT molecular complexity index is 761. The van der Waals surface area contributed by atoms with Crippen molar-refractivity contribution >= 4 is 11.6 Å². The molecule has 1 amide bonds. The highest BCUT2D eigenvalue weighted by Crippen LogP contribution is 2.37. The third-order valence-electron chi connectivity index (χ3n) is 3.88. The van der Waals surface area contributed by atoms with Gasteiger partial charge in [-0.3, -0.25) is 9.78 Å². The minimum Gasteiger partial charge on any atom is -0.508 e. The number of benzene rings is 1. The first kappa shape index (κ1) is 15.2. The van der Waals surface area contributed by atoms with Gasteiger partial charge in [0.05, 0.1) is 0 Å². The molecule has 0 saturated heterocycles. The molecule has 1 aliphatic heterocycles. The van der Waals surface area contributed by atoms with Crippen molar-refractivity contribution in [3.63, 3.8) is 0 Å². The summed E-state index contributed by atoms with van der Waals surface area (Å²) in [5.41, 5.74) is 0.00111. The molecule has 1 aromatic carbocycles. The van der Waals surface area contributed by atoms with Crippen molar-refractivity contribution in [2.75, 3.05) is 0 Å².